The molecular weight excluding hydrogens is 406 g/mol. The van der Waals surface area contributed by atoms with Crippen LogP contribution in [0.5, 0.6) is 0 Å². The first-order chi connectivity index (χ1) is 14.4. The molecule has 9 heteroatoms. The van der Waals surface area contributed by atoms with Crippen LogP contribution in [-0.4, -0.2) is 31.2 Å². The van der Waals surface area contributed by atoms with Crippen LogP contribution < -0.4 is 5.56 Å². The average molecular weight is 428 g/mol. The molecule has 0 saturated heterocycles. The minimum atomic E-state index is -0.529. The van der Waals surface area contributed by atoms with Crippen LogP contribution in [0.15, 0.2) is 33.8 Å². The smallest absolute Gasteiger partial charge is 0.279 e. The second-order valence-electron chi connectivity index (χ2n) is 8.04. The summed E-state index contributed by atoms with van der Waals surface area (Å²) in [6.07, 6.45) is 5.41. The Bertz CT molecular complexity index is 1310. The van der Waals surface area contributed by atoms with Gasteiger partial charge in [-0.05, 0) is 57.7 Å². The largest absolute Gasteiger partial charge is 0.370 e. The van der Waals surface area contributed by atoms with Gasteiger partial charge >= 0.3 is 0 Å². The first kappa shape index (κ1) is 19.3. The summed E-state index contributed by atoms with van der Waals surface area (Å²) >= 11 is 6.21. The number of nitrogens with zero attached hydrogens (tertiary/aromatic N) is 5. The number of fused-ring (bicyclic) bond motifs is 3. The molecule has 3 aromatic heterocycles. The molecule has 3 heterocycles. The maximum atomic E-state index is 13.5. The maximum absolute atomic E-state index is 13.5. The molecule has 1 saturated carbocycles. The molecule has 0 spiro atoms. The number of rotatable bonds is 4. The van der Waals surface area contributed by atoms with E-state index in [1.54, 1.807) is 34.5 Å². The molecular formula is C21H22ClN5O3. The zero-order chi connectivity index (χ0) is 21.0. The van der Waals surface area contributed by atoms with Crippen LogP contribution in [0, 0.1) is 0 Å². The number of methoxy groups -OCH3 is 1. The van der Waals surface area contributed by atoms with Crippen LogP contribution in [0.4, 0.5) is 0 Å². The summed E-state index contributed by atoms with van der Waals surface area (Å²) in [4.78, 5) is 22.5. The Labute approximate surface area is 177 Å². The Hall–Kier alpha value is -2.71. The summed E-state index contributed by atoms with van der Waals surface area (Å²) in [5.41, 5.74) is 1.62. The van der Waals surface area contributed by atoms with E-state index in [1.807, 2.05) is 19.9 Å². The monoisotopic (exact) mass is 427 g/mol. The van der Waals surface area contributed by atoms with Gasteiger partial charge in [-0.3, -0.25) is 9.20 Å². The highest BCUT2D eigenvalue weighted by atomic mass is 35.5. The van der Waals surface area contributed by atoms with Crippen molar-refractivity contribution in [3.05, 3.63) is 45.7 Å². The molecule has 5 rings (SSSR count). The van der Waals surface area contributed by atoms with E-state index >= 15 is 0 Å². The van der Waals surface area contributed by atoms with Gasteiger partial charge in [0.25, 0.3) is 11.4 Å². The molecule has 8 nitrogen and oxygen atoms in total. The number of benzene rings is 1. The van der Waals surface area contributed by atoms with Gasteiger partial charge in [0.2, 0.25) is 5.82 Å². The zero-order valence-electron chi connectivity index (χ0n) is 17.1. The molecule has 0 atom stereocenters. The molecule has 0 aliphatic heterocycles. The fourth-order valence-electron chi connectivity index (χ4n) is 4.49. The molecule has 0 N–H and O–H groups in total. The molecule has 0 bridgehead atoms. The fraction of sp³-hybridized carbons (Fsp3) is 0.429. The molecule has 4 aromatic rings. The lowest BCUT2D eigenvalue weighted by molar-refractivity contribution is -0.0178. The van der Waals surface area contributed by atoms with E-state index < -0.39 is 5.60 Å². The quantitative estimate of drug-likeness (QED) is 0.481. The second kappa shape index (κ2) is 6.92. The zero-order valence-corrected chi connectivity index (χ0v) is 17.8. The van der Waals surface area contributed by atoms with Crippen molar-refractivity contribution in [2.75, 3.05) is 7.11 Å². The lowest BCUT2D eigenvalue weighted by Gasteiger charge is -2.22. The Morgan fingerprint density at radius 3 is 2.70 bits per heavy atom. The number of hydrogen-bond acceptors (Lipinski definition) is 6. The first-order valence-electron chi connectivity index (χ1n) is 10.1. The van der Waals surface area contributed by atoms with Crippen LogP contribution >= 0.6 is 11.6 Å². The van der Waals surface area contributed by atoms with E-state index in [4.69, 9.17) is 20.9 Å². The molecule has 30 heavy (non-hydrogen) atoms. The molecule has 1 aromatic carbocycles. The average Bonchev–Trinajstić information content (AvgIpc) is 3.46. The topological polar surface area (TPSA) is 87.5 Å². The van der Waals surface area contributed by atoms with Crippen molar-refractivity contribution < 1.29 is 9.26 Å². The fourth-order valence-corrected chi connectivity index (χ4v) is 4.66. The van der Waals surface area contributed by atoms with Crippen LogP contribution in [-0.2, 0) is 10.3 Å². The standard InChI is InChI=1S/C21H22ClN5O3/c1-12(2)27-15-10-13(22)6-7-14(15)26-11-23-16(17(26)19(27)28)18-24-20(25-30-18)21(29-3)8-4-5-9-21/h6-7,10-12H,4-5,8-9H2,1-3H3. The number of aromatic nitrogens is 5. The SMILES string of the molecule is COC1(c2noc(-c3ncn4c3c(=O)n(C(C)C)c3cc(Cl)ccc34)n2)CCCC1. The summed E-state index contributed by atoms with van der Waals surface area (Å²) in [5, 5.41) is 4.75. The number of hydrogen-bond donors (Lipinski definition) is 0. The van der Waals surface area contributed by atoms with E-state index in [-0.39, 0.29) is 17.5 Å². The van der Waals surface area contributed by atoms with Crippen LogP contribution in [0.3, 0.4) is 0 Å². The lowest BCUT2D eigenvalue weighted by Crippen LogP contribution is -2.26. The lowest BCUT2D eigenvalue weighted by atomic mass is 10.0. The van der Waals surface area contributed by atoms with Gasteiger partial charge in [-0.2, -0.15) is 4.98 Å². The van der Waals surface area contributed by atoms with Crippen molar-refractivity contribution in [2.24, 2.45) is 0 Å². The predicted octanol–water partition coefficient (Wildman–Crippen LogP) is 4.35. The van der Waals surface area contributed by atoms with Gasteiger partial charge < -0.3 is 13.8 Å². The summed E-state index contributed by atoms with van der Waals surface area (Å²) in [5.74, 6) is 0.729. The van der Waals surface area contributed by atoms with E-state index in [2.05, 4.69) is 15.1 Å². The maximum Gasteiger partial charge on any atom is 0.279 e. The molecule has 1 fully saturated rings. The van der Waals surface area contributed by atoms with E-state index in [0.717, 1.165) is 36.7 Å². The summed E-state index contributed by atoms with van der Waals surface area (Å²) in [6, 6.07) is 5.40. The van der Waals surface area contributed by atoms with Crippen molar-refractivity contribution >= 4 is 28.2 Å². The Balaban J connectivity index is 1.75. The number of halogens is 1. The van der Waals surface area contributed by atoms with Crippen LogP contribution in [0.1, 0.15) is 51.4 Å². The van der Waals surface area contributed by atoms with Gasteiger partial charge in [-0.25, -0.2) is 4.98 Å². The van der Waals surface area contributed by atoms with E-state index in [9.17, 15) is 4.79 Å². The normalized spacial score (nSPS) is 16.3. The van der Waals surface area contributed by atoms with Gasteiger partial charge in [0.1, 0.15) is 17.4 Å². The van der Waals surface area contributed by atoms with Crippen molar-refractivity contribution in [3.63, 3.8) is 0 Å². The van der Waals surface area contributed by atoms with Gasteiger partial charge in [-0.1, -0.05) is 16.8 Å². The van der Waals surface area contributed by atoms with Gasteiger partial charge in [0, 0.05) is 18.2 Å². The van der Waals surface area contributed by atoms with E-state index in [1.165, 1.54) is 0 Å². The highest BCUT2D eigenvalue weighted by Crippen LogP contribution is 2.40. The minimum Gasteiger partial charge on any atom is -0.370 e. The van der Waals surface area contributed by atoms with Crippen molar-refractivity contribution in [2.45, 2.75) is 51.2 Å². The summed E-state index contributed by atoms with van der Waals surface area (Å²) in [7, 11) is 1.67. The second-order valence-corrected chi connectivity index (χ2v) is 8.48. The molecule has 0 unspecified atom stereocenters. The highest BCUT2D eigenvalue weighted by molar-refractivity contribution is 6.31. The number of ether oxygens (including phenoxy) is 1. The minimum absolute atomic E-state index is 0.0697. The van der Waals surface area contributed by atoms with Gasteiger partial charge in [-0.15, -0.1) is 0 Å². The molecule has 156 valence electrons. The van der Waals surface area contributed by atoms with Crippen LogP contribution in [0.2, 0.25) is 5.02 Å². The summed E-state index contributed by atoms with van der Waals surface area (Å²) < 4.78 is 14.8. The third-order valence-corrected chi connectivity index (χ3v) is 6.24. The van der Waals surface area contributed by atoms with Gasteiger partial charge in [0.15, 0.2) is 5.69 Å². The highest BCUT2D eigenvalue weighted by Gasteiger charge is 2.40. The molecule has 1 aliphatic carbocycles. The van der Waals surface area contributed by atoms with Gasteiger partial charge in [0.05, 0.1) is 11.0 Å². The van der Waals surface area contributed by atoms with E-state index in [0.29, 0.717) is 22.1 Å². The van der Waals surface area contributed by atoms with Crippen LogP contribution in [0.25, 0.3) is 28.1 Å². The Kier molecular flexibility index (Phi) is 4.44. The number of imidazole rings is 1. The Morgan fingerprint density at radius 2 is 2.00 bits per heavy atom. The molecule has 0 radical (unpaired) electrons. The van der Waals surface area contributed by atoms with Crippen molar-refractivity contribution in [1.29, 1.82) is 0 Å². The third kappa shape index (κ3) is 2.70. The molecule has 1 aliphatic rings. The summed E-state index contributed by atoms with van der Waals surface area (Å²) in [6.45, 7) is 3.92. The molecule has 0 amide bonds. The third-order valence-electron chi connectivity index (χ3n) is 6.00. The Morgan fingerprint density at radius 1 is 1.23 bits per heavy atom. The first-order valence-corrected chi connectivity index (χ1v) is 10.4. The predicted molar refractivity (Wildman–Crippen MR) is 113 cm³/mol. The van der Waals surface area contributed by atoms with Crippen molar-refractivity contribution in [1.82, 2.24) is 24.1 Å². The van der Waals surface area contributed by atoms with Crippen molar-refractivity contribution in [3.8, 4) is 11.6 Å².